The van der Waals surface area contributed by atoms with Gasteiger partial charge >= 0.3 is 0 Å². The van der Waals surface area contributed by atoms with E-state index in [1.54, 1.807) is 30.3 Å². The first kappa shape index (κ1) is 30.9. The summed E-state index contributed by atoms with van der Waals surface area (Å²) in [6.45, 7) is 4.25. The fourth-order valence-electron chi connectivity index (χ4n) is 5.97. The molecule has 0 nitrogen and oxygen atoms in total. The first-order chi connectivity index (χ1) is 20.0. The molecule has 0 fully saturated rings. The van der Waals surface area contributed by atoms with Gasteiger partial charge in [0.1, 0.15) is 5.82 Å². The lowest BCUT2D eigenvalue weighted by Gasteiger charge is -2.22. The molecule has 3 aromatic carbocycles. The van der Waals surface area contributed by atoms with Crippen LogP contribution in [-0.2, 0) is 6.42 Å². The predicted octanol–water partition coefficient (Wildman–Crippen LogP) is 12.3. The number of aryl methyl sites for hydroxylation is 1. The van der Waals surface area contributed by atoms with Gasteiger partial charge in [-0.05, 0) is 91.7 Å². The van der Waals surface area contributed by atoms with Crippen LogP contribution >= 0.6 is 0 Å². The smallest absolute Gasteiger partial charge is 0.166 e. The predicted molar refractivity (Wildman–Crippen MR) is 168 cm³/mol. The van der Waals surface area contributed by atoms with E-state index in [1.165, 1.54) is 32.1 Å². The molecule has 4 rings (SSSR count). The van der Waals surface area contributed by atoms with Crippen LogP contribution in [0.25, 0.3) is 27.8 Å². The maximum atomic E-state index is 15.2. The highest BCUT2D eigenvalue weighted by Crippen LogP contribution is 2.35. The van der Waals surface area contributed by atoms with Crippen LogP contribution < -0.4 is 0 Å². The van der Waals surface area contributed by atoms with Crippen LogP contribution in [0.3, 0.4) is 0 Å². The number of halogens is 3. The maximum Gasteiger partial charge on any atom is 0.166 e. The van der Waals surface area contributed by atoms with Gasteiger partial charge in [-0.2, -0.15) is 0 Å². The van der Waals surface area contributed by atoms with Gasteiger partial charge in [-0.1, -0.05) is 112 Å². The second-order valence-electron chi connectivity index (χ2n) is 11.6. The molecule has 0 spiro atoms. The number of rotatable bonds is 14. The first-order valence-corrected chi connectivity index (χ1v) is 15.7. The summed E-state index contributed by atoms with van der Waals surface area (Å²) in [5, 5.41) is 0. The van der Waals surface area contributed by atoms with Crippen molar-refractivity contribution in [2.24, 2.45) is 5.92 Å². The van der Waals surface area contributed by atoms with Gasteiger partial charge in [-0.15, -0.1) is 0 Å². The minimum absolute atomic E-state index is 0.213. The largest absolute Gasteiger partial charge is 0.206 e. The third-order valence-corrected chi connectivity index (χ3v) is 8.55. The molecular weight excluding hydrogens is 513 g/mol. The van der Waals surface area contributed by atoms with Gasteiger partial charge in [0.15, 0.2) is 11.6 Å². The number of unbranched alkanes of at least 4 members (excludes halogenated alkanes) is 6. The van der Waals surface area contributed by atoms with Crippen molar-refractivity contribution in [1.29, 1.82) is 0 Å². The van der Waals surface area contributed by atoms with Crippen LogP contribution in [0.15, 0.2) is 72.8 Å². The molecular formula is C38H45F3. The maximum absolute atomic E-state index is 15.2. The molecule has 0 aromatic heterocycles. The molecule has 0 radical (unpaired) electrons. The Kier molecular flexibility index (Phi) is 11.9. The lowest BCUT2D eigenvalue weighted by molar-refractivity contribution is 0.453. The van der Waals surface area contributed by atoms with Crippen molar-refractivity contribution < 1.29 is 13.2 Å². The van der Waals surface area contributed by atoms with E-state index in [9.17, 15) is 4.39 Å². The molecule has 1 atom stereocenters. The van der Waals surface area contributed by atoms with Crippen LogP contribution in [0, 0.1) is 23.4 Å². The van der Waals surface area contributed by atoms with Crippen molar-refractivity contribution in [3.05, 3.63) is 101 Å². The van der Waals surface area contributed by atoms with Crippen LogP contribution in [0.4, 0.5) is 13.2 Å². The highest BCUT2D eigenvalue weighted by atomic mass is 19.2. The van der Waals surface area contributed by atoms with Crippen molar-refractivity contribution in [1.82, 2.24) is 0 Å². The molecule has 1 unspecified atom stereocenters. The summed E-state index contributed by atoms with van der Waals surface area (Å²) in [4.78, 5) is 0. The van der Waals surface area contributed by atoms with Gasteiger partial charge in [0.25, 0.3) is 0 Å². The van der Waals surface area contributed by atoms with Gasteiger partial charge in [0.05, 0.1) is 0 Å². The van der Waals surface area contributed by atoms with E-state index in [0.717, 1.165) is 61.6 Å². The lowest BCUT2D eigenvalue weighted by atomic mass is 9.84. The number of benzene rings is 3. The average Bonchev–Trinajstić information content (AvgIpc) is 2.99. The van der Waals surface area contributed by atoms with Crippen molar-refractivity contribution in [3.8, 4) is 22.3 Å². The van der Waals surface area contributed by atoms with Gasteiger partial charge in [0.2, 0.25) is 0 Å². The Balaban J connectivity index is 1.38. The Hall–Kier alpha value is -3.07. The molecule has 3 aromatic rings. The van der Waals surface area contributed by atoms with Crippen molar-refractivity contribution >= 4 is 5.57 Å². The zero-order valence-corrected chi connectivity index (χ0v) is 24.8. The Bertz CT molecular complexity index is 1320. The Labute approximate surface area is 245 Å². The zero-order valence-electron chi connectivity index (χ0n) is 24.8. The molecule has 0 saturated carbocycles. The van der Waals surface area contributed by atoms with Gasteiger partial charge < -0.3 is 0 Å². The monoisotopic (exact) mass is 558 g/mol. The molecule has 3 heteroatoms. The standard InChI is InChI=1S/C38H45F3/c1-3-5-7-8-9-10-12-14-32-23-26-35(38(41)37(32)40)31-21-19-29(20-22-31)33-24-25-34(36(39)27-33)30-17-15-28(16-18-30)13-11-6-4-2/h4,6,17,19-28H,3,5,7-16,18H2,1-2H3/b6-4+. The van der Waals surface area contributed by atoms with Crippen molar-refractivity contribution in [2.75, 3.05) is 0 Å². The van der Waals surface area contributed by atoms with Crippen molar-refractivity contribution in [3.63, 3.8) is 0 Å². The summed E-state index contributed by atoms with van der Waals surface area (Å²) in [5.41, 5.74) is 4.72. The second kappa shape index (κ2) is 15.8. The molecule has 1 aliphatic carbocycles. The summed E-state index contributed by atoms with van der Waals surface area (Å²) in [6, 6.07) is 16.1. The summed E-state index contributed by atoms with van der Waals surface area (Å²) in [5.74, 6) is -1.07. The summed E-state index contributed by atoms with van der Waals surface area (Å²) >= 11 is 0. The third kappa shape index (κ3) is 8.47. The van der Waals surface area contributed by atoms with Crippen LogP contribution in [0.5, 0.6) is 0 Å². The van der Waals surface area contributed by atoms with Crippen LogP contribution in [0.2, 0.25) is 0 Å². The average molecular weight is 559 g/mol. The lowest BCUT2D eigenvalue weighted by Crippen LogP contribution is -2.06. The molecule has 1 aliphatic rings. The minimum Gasteiger partial charge on any atom is -0.206 e. The topological polar surface area (TPSA) is 0 Å². The van der Waals surface area contributed by atoms with Gasteiger partial charge in [-0.3, -0.25) is 0 Å². The molecule has 0 bridgehead atoms. The van der Waals surface area contributed by atoms with E-state index in [0.29, 0.717) is 29.0 Å². The molecule has 0 amide bonds. The van der Waals surface area contributed by atoms with E-state index in [4.69, 9.17) is 0 Å². The van der Waals surface area contributed by atoms with Crippen molar-refractivity contribution in [2.45, 2.75) is 97.3 Å². The fraction of sp³-hybridized carbons (Fsp3) is 0.421. The number of hydrogen-bond acceptors (Lipinski definition) is 0. The van der Waals surface area contributed by atoms with Crippen LogP contribution in [0.1, 0.15) is 102 Å². The van der Waals surface area contributed by atoms with Crippen LogP contribution in [-0.4, -0.2) is 0 Å². The molecule has 0 N–H and O–H groups in total. The van der Waals surface area contributed by atoms with E-state index < -0.39 is 11.6 Å². The summed E-state index contributed by atoms with van der Waals surface area (Å²) in [7, 11) is 0. The highest BCUT2D eigenvalue weighted by molar-refractivity contribution is 5.74. The molecule has 41 heavy (non-hydrogen) atoms. The highest BCUT2D eigenvalue weighted by Gasteiger charge is 2.18. The number of allylic oxidation sites excluding steroid dienone is 4. The quantitative estimate of drug-likeness (QED) is 0.136. The van der Waals surface area contributed by atoms with E-state index in [2.05, 4.69) is 32.1 Å². The SMILES string of the molecule is C/C=C/CCC1CC=C(c2ccc(-c3ccc(-c4ccc(CCCCCCCCC)c(F)c4F)cc3)cc2F)CC1. The molecule has 0 saturated heterocycles. The summed E-state index contributed by atoms with van der Waals surface area (Å²) < 4.78 is 45.1. The second-order valence-corrected chi connectivity index (χ2v) is 11.6. The van der Waals surface area contributed by atoms with E-state index >= 15 is 8.78 Å². The molecule has 0 aliphatic heterocycles. The normalized spacial score (nSPS) is 15.4. The summed E-state index contributed by atoms with van der Waals surface area (Å²) in [6.07, 6.45) is 20.4. The van der Waals surface area contributed by atoms with Gasteiger partial charge in [-0.25, -0.2) is 13.2 Å². The van der Waals surface area contributed by atoms with Gasteiger partial charge in [0, 0.05) is 11.1 Å². The fourth-order valence-corrected chi connectivity index (χ4v) is 5.97. The molecule has 218 valence electrons. The van der Waals surface area contributed by atoms with E-state index in [1.807, 2.05) is 24.3 Å². The minimum atomic E-state index is -0.793. The zero-order chi connectivity index (χ0) is 29.0. The number of hydrogen-bond donors (Lipinski definition) is 0. The third-order valence-electron chi connectivity index (χ3n) is 8.55. The molecule has 0 heterocycles. The Morgan fingerprint density at radius 3 is 2.12 bits per heavy atom. The first-order valence-electron chi connectivity index (χ1n) is 15.7. The Morgan fingerprint density at radius 1 is 0.756 bits per heavy atom. The Morgan fingerprint density at radius 2 is 1.44 bits per heavy atom. The van der Waals surface area contributed by atoms with E-state index in [-0.39, 0.29) is 11.4 Å².